The van der Waals surface area contributed by atoms with Crippen molar-refractivity contribution in [3.63, 3.8) is 0 Å². The molecule has 0 radical (unpaired) electrons. The van der Waals surface area contributed by atoms with Crippen LogP contribution in [-0.4, -0.2) is 22.6 Å². The molecule has 0 aliphatic heterocycles. The van der Waals surface area contributed by atoms with Gasteiger partial charge in [-0.05, 0) is 43.6 Å². The van der Waals surface area contributed by atoms with E-state index in [2.05, 4.69) is 17.1 Å². The van der Waals surface area contributed by atoms with Gasteiger partial charge in [0.2, 0.25) is 0 Å². The lowest BCUT2D eigenvalue weighted by molar-refractivity contribution is 0.349. The van der Waals surface area contributed by atoms with E-state index in [0.717, 1.165) is 24.0 Å². The predicted molar refractivity (Wildman–Crippen MR) is 72.8 cm³/mol. The van der Waals surface area contributed by atoms with E-state index in [1.54, 1.807) is 6.26 Å². The van der Waals surface area contributed by atoms with Crippen molar-refractivity contribution in [2.24, 2.45) is 0 Å². The van der Waals surface area contributed by atoms with Crippen molar-refractivity contribution in [2.45, 2.75) is 45.2 Å². The molecule has 1 aliphatic carbocycles. The highest BCUT2D eigenvalue weighted by atomic mass is 32.1. The maximum atomic E-state index is 5.45. The van der Waals surface area contributed by atoms with Crippen LogP contribution >= 0.6 is 12.2 Å². The second kappa shape index (κ2) is 6.05. The van der Waals surface area contributed by atoms with Gasteiger partial charge in [0.05, 0.1) is 12.8 Å². The quantitative estimate of drug-likeness (QED) is 0.622. The zero-order valence-electron chi connectivity index (χ0n) is 10.3. The van der Waals surface area contributed by atoms with Crippen LogP contribution in [0.25, 0.3) is 0 Å². The summed E-state index contributed by atoms with van der Waals surface area (Å²) in [6.45, 7) is 3.94. The van der Waals surface area contributed by atoms with Crippen LogP contribution in [0.1, 0.15) is 38.4 Å². The summed E-state index contributed by atoms with van der Waals surface area (Å²) >= 11 is 5.45. The molecule has 1 aromatic heterocycles. The molecule has 0 aromatic carbocycles. The molecule has 3 nitrogen and oxygen atoms in total. The smallest absolute Gasteiger partial charge is 0.169 e. The number of rotatable bonds is 6. The van der Waals surface area contributed by atoms with E-state index in [-0.39, 0.29) is 0 Å². The van der Waals surface area contributed by atoms with Crippen LogP contribution in [0.5, 0.6) is 0 Å². The Labute approximate surface area is 108 Å². The summed E-state index contributed by atoms with van der Waals surface area (Å²) in [4.78, 5) is 2.25. The van der Waals surface area contributed by atoms with Crippen LogP contribution in [0, 0.1) is 0 Å². The van der Waals surface area contributed by atoms with Gasteiger partial charge in [-0.15, -0.1) is 0 Å². The molecule has 4 heteroatoms. The fourth-order valence-electron chi connectivity index (χ4n) is 1.80. The first-order valence-electron chi connectivity index (χ1n) is 6.38. The molecule has 0 unspecified atom stereocenters. The number of unbranched alkanes of at least 4 members (excludes halogenated alkanes) is 1. The van der Waals surface area contributed by atoms with Gasteiger partial charge in [0.1, 0.15) is 5.76 Å². The van der Waals surface area contributed by atoms with Gasteiger partial charge in [-0.25, -0.2) is 0 Å². The zero-order valence-corrected chi connectivity index (χ0v) is 11.1. The Hall–Kier alpha value is -1.03. The molecule has 94 valence electrons. The Morgan fingerprint density at radius 3 is 3.00 bits per heavy atom. The molecule has 2 rings (SSSR count). The van der Waals surface area contributed by atoms with E-state index in [9.17, 15) is 0 Å². The fraction of sp³-hybridized carbons (Fsp3) is 0.615. The van der Waals surface area contributed by atoms with Crippen molar-refractivity contribution in [3.8, 4) is 0 Å². The van der Waals surface area contributed by atoms with E-state index in [1.807, 2.05) is 12.1 Å². The first kappa shape index (κ1) is 12.4. The van der Waals surface area contributed by atoms with Crippen LogP contribution in [0.2, 0.25) is 0 Å². The van der Waals surface area contributed by atoms with Crippen LogP contribution < -0.4 is 5.32 Å². The third kappa shape index (κ3) is 3.73. The summed E-state index contributed by atoms with van der Waals surface area (Å²) in [5.74, 6) is 0.983. The van der Waals surface area contributed by atoms with Crippen LogP contribution in [0.15, 0.2) is 22.8 Å². The van der Waals surface area contributed by atoms with Gasteiger partial charge in [-0.3, -0.25) is 0 Å². The molecule has 0 bridgehead atoms. The molecule has 1 heterocycles. The molecule has 1 aromatic rings. The molecule has 1 saturated carbocycles. The second-order valence-electron chi connectivity index (χ2n) is 4.52. The Bertz CT molecular complexity index is 346. The van der Waals surface area contributed by atoms with Gasteiger partial charge in [0.25, 0.3) is 0 Å². The number of hydrogen-bond donors (Lipinski definition) is 1. The van der Waals surface area contributed by atoms with Crippen molar-refractivity contribution < 1.29 is 4.42 Å². The highest BCUT2D eigenvalue weighted by Gasteiger charge is 2.31. The molecular weight excluding hydrogens is 232 g/mol. The minimum Gasteiger partial charge on any atom is -0.467 e. The molecule has 0 spiro atoms. The Kier molecular flexibility index (Phi) is 4.42. The van der Waals surface area contributed by atoms with Gasteiger partial charge in [-0.1, -0.05) is 13.3 Å². The molecule has 1 fully saturated rings. The van der Waals surface area contributed by atoms with E-state index in [1.165, 1.54) is 25.7 Å². The third-order valence-corrected chi connectivity index (χ3v) is 3.34. The van der Waals surface area contributed by atoms with Crippen LogP contribution in [0.4, 0.5) is 0 Å². The van der Waals surface area contributed by atoms with E-state index >= 15 is 0 Å². The van der Waals surface area contributed by atoms with E-state index < -0.39 is 0 Å². The largest absolute Gasteiger partial charge is 0.467 e. The SMILES string of the molecule is CCCCNC(=S)N(Cc1ccco1)C1CC1. The number of thiocarbonyl (C=S) groups is 1. The van der Waals surface area contributed by atoms with Gasteiger partial charge in [0.15, 0.2) is 5.11 Å². The topological polar surface area (TPSA) is 28.4 Å². The minimum absolute atomic E-state index is 0.613. The summed E-state index contributed by atoms with van der Waals surface area (Å²) in [7, 11) is 0. The summed E-state index contributed by atoms with van der Waals surface area (Å²) < 4.78 is 5.39. The molecule has 17 heavy (non-hydrogen) atoms. The van der Waals surface area contributed by atoms with Crippen LogP contribution in [-0.2, 0) is 6.54 Å². The number of furan rings is 1. The van der Waals surface area contributed by atoms with Gasteiger partial charge >= 0.3 is 0 Å². The Morgan fingerprint density at radius 1 is 1.59 bits per heavy atom. The second-order valence-corrected chi connectivity index (χ2v) is 4.91. The highest BCUT2D eigenvalue weighted by Crippen LogP contribution is 2.28. The first-order valence-corrected chi connectivity index (χ1v) is 6.79. The number of nitrogens with zero attached hydrogens (tertiary/aromatic N) is 1. The minimum atomic E-state index is 0.613. The monoisotopic (exact) mass is 252 g/mol. The molecule has 0 saturated heterocycles. The summed E-state index contributed by atoms with van der Waals surface area (Å²) in [5.41, 5.74) is 0. The molecule has 1 N–H and O–H groups in total. The average Bonchev–Trinajstić information content (AvgIpc) is 3.03. The summed E-state index contributed by atoms with van der Waals surface area (Å²) in [5, 5.41) is 4.21. The van der Waals surface area contributed by atoms with Gasteiger partial charge in [-0.2, -0.15) is 0 Å². The number of hydrogen-bond acceptors (Lipinski definition) is 2. The van der Waals surface area contributed by atoms with Gasteiger partial charge in [0, 0.05) is 12.6 Å². The molecule has 0 atom stereocenters. The van der Waals surface area contributed by atoms with Crippen molar-refractivity contribution in [1.82, 2.24) is 10.2 Å². The first-order chi connectivity index (χ1) is 8.31. The normalized spacial score (nSPS) is 14.6. The highest BCUT2D eigenvalue weighted by molar-refractivity contribution is 7.80. The van der Waals surface area contributed by atoms with Crippen LogP contribution in [0.3, 0.4) is 0 Å². The van der Waals surface area contributed by atoms with Crippen molar-refractivity contribution in [1.29, 1.82) is 0 Å². The average molecular weight is 252 g/mol. The Morgan fingerprint density at radius 2 is 2.41 bits per heavy atom. The van der Waals surface area contributed by atoms with E-state index in [0.29, 0.717) is 6.04 Å². The molecule has 1 aliphatic rings. The Balaban J connectivity index is 1.86. The lowest BCUT2D eigenvalue weighted by Gasteiger charge is -2.24. The van der Waals surface area contributed by atoms with Crippen molar-refractivity contribution >= 4 is 17.3 Å². The van der Waals surface area contributed by atoms with Gasteiger partial charge < -0.3 is 14.6 Å². The number of nitrogens with one attached hydrogen (secondary N) is 1. The maximum absolute atomic E-state index is 5.45. The predicted octanol–water partition coefficient (Wildman–Crippen LogP) is 2.92. The standard InChI is InChI=1S/C13H20N2OS/c1-2-3-8-14-13(17)15(11-6-7-11)10-12-5-4-9-16-12/h4-5,9,11H,2-3,6-8,10H2,1H3,(H,14,17). The summed E-state index contributed by atoms with van der Waals surface area (Å²) in [6.07, 6.45) is 6.57. The lowest BCUT2D eigenvalue weighted by atomic mass is 10.3. The van der Waals surface area contributed by atoms with E-state index in [4.69, 9.17) is 16.6 Å². The van der Waals surface area contributed by atoms with Crippen molar-refractivity contribution in [2.75, 3.05) is 6.54 Å². The zero-order chi connectivity index (χ0) is 12.1. The molecule has 0 amide bonds. The fourth-order valence-corrected chi connectivity index (χ4v) is 2.11. The third-order valence-electron chi connectivity index (χ3n) is 2.96. The lowest BCUT2D eigenvalue weighted by Crippen LogP contribution is -2.41. The molecular formula is C13H20N2OS. The summed E-state index contributed by atoms with van der Waals surface area (Å²) in [6, 6.07) is 4.54. The maximum Gasteiger partial charge on any atom is 0.169 e. The van der Waals surface area contributed by atoms with Crippen molar-refractivity contribution in [3.05, 3.63) is 24.2 Å².